The van der Waals surface area contributed by atoms with E-state index in [4.69, 9.17) is 14.0 Å². The molecular weight excluding hydrogens is 370 g/mol. The number of halogens is 4. The van der Waals surface area contributed by atoms with Crippen molar-refractivity contribution in [3.8, 4) is 22.9 Å². The highest BCUT2D eigenvalue weighted by Gasteiger charge is 2.25. The Morgan fingerprint density at radius 2 is 1.67 bits per heavy atom. The predicted octanol–water partition coefficient (Wildman–Crippen LogP) is 4.33. The minimum atomic E-state index is -1.80. The molecule has 2 aromatic heterocycles. The van der Waals surface area contributed by atoms with Gasteiger partial charge in [0.25, 0.3) is 17.8 Å². The molecule has 1 fully saturated rings. The fourth-order valence-corrected chi connectivity index (χ4v) is 2.60. The van der Waals surface area contributed by atoms with E-state index in [9.17, 15) is 17.6 Å². The number of ether oxygens (including phenoxy) is 2. The molecule has 0 bridgehead atoms. The van der Waals surface area contributed by atoms with Gasteiger partial charge in [0.05, 0.1) is 0 Å². The first-order chi connectivity index (χ1) is 13.0. The largest absolute Gasteiger partial charge is 0.451 e. The zero-order valence-electron chi connectivity index (χ0n) is 13.6. The van der Waals surface area contributed by atoms with Crippen LogP contribution in [0.4, 0.5) is 17.6 Å². The monoisotopic (exact) mass is 381 g/mol. The Hall–Kier alpha value is -3.01. The number of hydrogen-bond acceptors (Lipinski definition) is 6. The first-order valence-corrected chi connectivity index (χ1v) is 7.96. The normalized spacial score (nSPS) is 16.7. The molecule has 1 aliphatic rings. The lowest BCUT2D eigenvalue weighted by Crippen LogP contribution is -2.03. The Bertz CT molecular complexity index is 946. The van der Waals surface area contributed by atoms with Crippen LogP contribution < -0.4 is 4.74 Å². The summed E-state index contributed by atoms with van der Waals surface area (Å²) in [6.45, 7) is 0.637. The number of nitrogens with zero attached hydrogens (tertiary/aromatic N) is 3. The number of rotatable bonds is 4. The highest BCUT2D eigenvalue weighted by molar-refractivity contribution is 5.55. The second-order valence-electron chi connectivity index (χ2n) is 5.73. The van der Waals surface area contributed by atoms with E-state index in [1.165, 1.54) is 24.3 Å². The lowest BCUT2D eigenvalue weighted by Gasteiger charge is -2.08. The Balaban J connectivity index is 1.55. The predicted molar refractivity (Wildman–Crippen MR) is 81.8 cm³/mol. The molecule has 0 radical (unpaired) electrons. The summed E-state index contributed by atoms with van der Waals surface area (Å²) >= 11 is 0. The van der Waals surface area contributed by atoms with E-state index in [0.29, 0.717) is 23.9 Å². The summed E-state index contributed by atoms with van der Waals surface area (Å²) in [5.74, 6) is -7.64. The summed E-state index contributed by atoms with van der Waals surface area (Å²) in [4.78, 5) is 6.72. The van der Waals surface area contributed by atoms with Crippen LogP contribution in [0.1, 0.15) is 24.8 Å². The summed E-state index contributed by atoms with van der Waals surface area (Å²) in [5.41, 5.74) is 0.545. The van der Waals surface area contributed by atoms with Crippen LogP contribution in [0.25, 0.3) is 11.4 Å². The number of pyridine rings is 1. The van der Waals surface area contributed by atoms with Crippen LogP contribution in [0.15, 0.2) is 28.8 Å². The van der Waals surface area contributed by atoms with E-state index in [2.05, 4.69) is 15.1 Å². The van der Waals surface area contributed by atoms with E-state index < -0.39 is 29.3 Å². The van der Waals surface area contributed by atoms with E-state index in [1.54, 1.807) is 0 Å². The maximum Gasteiger partial charge on any atom is 0.256 e. The van der Waals surface area contributed by atoms with Crippen LogP contribution in [0, 0.1) is 23.5 Å². The zero-order chi connectivity index (χ0) is 19.0. The molecule has 1 aromatic carbocycles. The standard InChI is InChI=1S/C17H11F4N3O3/c18-11-13(12(19)15(21)22-14(11)20)26-9-5-3-8(4-6-9)16-23-17(27-24-16)10-2-1-7-25-10/h3-6,10H,1-2,7H2. The van der Waals surface area contributed by atoms with Gasteiger partial charge in [-0.05, 0) is 37.1 Å². The second-order valence-corrected chi connectivity index (χ2v) is 5.73. The number of aromatic nitrogens is 3. The van der Waals surface area contributed by atoms with Crippen molar-refractivity contribution in [1.29, 1.82) is 0 Å². The molecule has 3 aromatic rings. The lowest BCUT2D eigenvalue weighted by molar-refractivity contribution is 0.0835. The molecule has 0 N–H and O–H groups in total. The molecule has 10 heteroatoms. The van der Waals surface area contributed by atoms with Crippen LogP contribution >= 0.6 is 0 Å². The molecule has 6 nitrogen and oxygen atoms in total. The molecule has 1 unspecified atom stereocenters. The molecule has 1 saturated heterocycles. The van der Waals surface area contributed by atoms with Gasteiger partial charge in [-0.25, -0.2) is 0 Å². The van der Waals surface area contributed by atoms with Crippen molar-refractivity contribution in [1.82, 2.24) is 15.1 Å². The Kier molecular flexibility index (Phi) is 4.48. The van der Waals surface area contributed by atoms with Gasteiger partial charge in [0.2, 0.25) is 23.2 Å². The Labute approximate surface area is 149 Å². The molecule has 4 rings (SSSR count). The lowest BCUT2D eigenvalue weighted by atomic mass is 10.2. The molecule has 0 saturated carbocycles. The fourth-order valence-electron chi connectivity index (χ4n) is 2.60. The van der Waals surface area contributed by atoms with Gasteiger partial charge >= 0.3 is 0 Å². The van der Waals surface area contributed by atoms with Crippen LogP contribution in [0.3, 0.4) is 0 Å². The van der Waals surface area contributed by atoms with Gasteiger partial charge in [0.1, 0.15) is 11.9 Å². The van der Waals surface area contributed by atoms with Crippen molar-refractivity contribution in [3.63, 3.8) is 0 Å². The molecule has 27 heavy (non-hydrogen) atoms. The number of benzene rings is 1. The molecule has 1 atom stereocenters. The van der Waals surface area contributed by atoms with Crippen molar-refractivity contribution < 1.29 is 31.6 Å². The molecule has 3 heterocycles. The van der Waals surface area contributed by atoms with Gasteiger partial charge in [0, 0.05) is 12.2 Å². The van der Waals surface area contributed by atoms with Gasteiger partial charge in [-0.1, -0.05) is 5.16 Å². The highest BCUT2D eigenvalue weighted by Crippen LogP contribution is 2.32. The maximum atomic E-state index is 13.6. The Morgan fingerprint density at radius 1 is 0.963 bits per heavy atom. The third kappa shape index (κ3) is 3.35. The van der Waals surface area contributed by atoms with Gasteiger partial charge in [-0.3, -0.25) is 0 Å². The Morgan fingerprint density at radius 3 is 2.30 bits per heavy atom. The first kappa shape index (κ1) is 17.4. The van der Waals surface area contributed by atoms with Crippen molar-refractivity contribution in [3.05, 3.63) is 53.7 Å². The van der Waals surface area contributed by atoms with Crippen molar-refractivity contribution in [2.24, 2.45) is 0 Å². The average Bonchev–Trinajstić information content (AvgIpc) is 3.35. The van der Waals surface area contributed by atoms with E-state index in [0.717, 1.165) is 12.8 Å². The van der Waals surface area contributed by atoms with Crippen LogP contribution in [-0.4, -0.2) is 21.7 Å². The second kappa shape index (κ2) is 6.95. The van der Waals surface area contributed by atoms with Gasteiger partial charge in [0.15, 0.2) is 0 Å². The van der Waals surface area contributed by atoms with Crippen molar-refractivity contribution >= 4 is 0 Å². The quantitative estimate of drug-likeness (QED) is 0.495. The third-order valence-corrected chi connectivity index (χ3v) is 3.94. The summed E-state index contributed by atoms with van der Waals surface area (Å²) in [5, 5.41) is 3.86. The zero-order valence-corrected chi connectivity index (χ0v) is 13.6. The third-order valence-electron chi connectivity index (χ3n) is 3.94. The molecule has 0 aliphatic carbocycles. The smallest absolute Gasteiger partial charge is 0.256 e. The number of hydrogen-bond donors (Lipinski definition) is 0. The minimum absolute atomic E-state index is 0.0515. The molecule has 0 spiro atoms. The van der Waals surface area contributed by atoms with Gasteiger partial charge in [-0.15, -0.1) is 0 Å². The molecular formula is C17H11F4N3O3. The minimum Gasteiger partial charge on any atom is -0.451 e. The van der Waals surface area contributed by atoms with Crippen LogP contribution in [0.5, 0.6) is 11.5 Å². The topological polar surface area (TPSA) is 70.3 Å². The molecule has 1 aliphatic heterocycles. The fraction of sp³-hybridized carbons (Fsp3) is 0.235. The highest BCUT2D eigenvalue weighted by atomic mass is 19.2. The summed E-state index contributed by atoms with van der Waals surface area (Å²) in [7, 11) is 0. The van der Waals surface area contributed by atoms with E-state index in [-0.39, 0.29) is 11.9 Å². The summed E-state index contributed by atoms with van der Waals surface area (Å²) in [6, 6.07) is 5.69. The van der Waals surface area contributed by atoms with Crippen LogP contribution in [0.2, 0.25) is 0 Å². The van der Waals surface area contributed by atoms with Crippen molar-refractivity contribution in [2.75, 3.05) is 6.61 Å². The van der Waals surface area contributed by atoms with Crippen LogP contribution in [-0.2, 0) is 4.74 Å². The maximum absolute atomic E-state index is 13.6. The SMILES string of the molecule is Fc1nc(F)c(F)c(Oc2ccc(-c3noc(C4CCCO4)n3)cc2)c1F. The molecule has 140 valence electrons. The van der Waals surface area contributed by atoms with E-state index in [1.807, 2.05) is 0 Å². The molecule has 0 amide bonds. The average molecular weight is 381 g/mol. The summed E-state index contributed by atoms with van der Waals surface area (Å²) < 4.78 is 69.0. The van der Waals surface area contributed by atoms with Gasteiger partial charge in [-0.2, -0.15) is 27.5 Å². The van der Waals surface area contributed by atoms with E-state index >= 15 is 0 Å². The van der Waals surface area contributed by atoms with Crippen molar-refractivity contribution in [2.45, 2.75) is 18.9 Å². The first-order valence-electron chi connectivity index (χ1n) is 7.96. The van der Waals surface area contributed by atoms with Gasteiger partial charge < -0.3 is 14.0 Å². The summed E-state index contributed by atoms with van der Waals surface area (Å²) in [6.07, 6.45) is 1.48.